The van der Waals surface area contributed by atoms with Crippen LogP contribution in [-0.4, -0.2) is 68.0 Å². The Hall–Kier alpha value is -1.09. The smallest absolute Gasteiger partial charge is 0.244 e. The maximum atomic E-state index is 14.1. The van der Waals surface area contributed by atoms with E-state index in [0.29, 0.717) is 24.8 Å². The van der Waals surface area contributed by atoms with E-state index in [1.807, 2.05) is 0 Å². The van der Waals surface area contributed by atoms with Crippen molar-refractivity contribution in [2.24, 2.45) is 5.41 Å². The van der Waals surface area contributed by atoms with E-state index in [2.05, 4.69) is 9.88 Å². The molecule has 6 nitrogen and oxygen atoms in total. The average Bonchev–Trinajstić information content (AvgIpc) is 2.52. The highest BCUT2D eigenvalue weighted by Crippen LogP contribution is 2.44. The van der Waals surface area contributed by atoms with Crippen LogP contribution in [0.15, 0.2) is 17.0 Å². The van der Waals surface area contributed by atoms with Gasteiger partial charge in [-0.25, -0.2) is 12.8 Å². The SMILES string of the molecule is Cc1nc(C(C)(C)F)ccc1S(=O)(=O)N1CC2(CN(C3CCOCC3)C2)C1. The second-order valence-corrected chi connectivity index (χ2v) is 10.7. The molecule has 1 aromatic rings. The van der Waals surface area contributed by atoms with Crippen LogP contribution in [0.25, 0.3) is 0 Å². The van der Waals surface area contributed by atoms with E-state index < -0.39 is 15.7 Å². The summed E-state index contributed by atoms with van der Waals surface area (Å²) in [6, 6.07) is 3.55. The number of rotatable bonds is 4. The van der Waals surface area contributed by atoms with Crippen LogP contribution in [0.1, 0.15) is 38.1 Å². The Labute approximate surface area is 160 Å². The van der Waals surface area contributed by atoms with Gasteiger partial charge in [0, 0.05) is 50.8 Å². The summed E-state index contributed by atoms with van der Waals surface area (Å²) in [5.74, 6) is 0. The molecule has 0 amide bonds. The van der Waals surface area contributed by atoms with Gasteiger partial charge in [0.15, 0.2) is 0 Å². The lowest BCUT2D eigenvalue weighted by atomic mass is 9.73. The zero-order chi connectivity index (χ0) is 19.4. The third kappa shape index (κ3) is 3.41. The van der Waals surface area contributed by atoms with E-state index in [4.69, 9.17) is 4.74 Å². The van der Waals surface area contributed by atoms with Crippen molar-refractivity contribution >= 4 is 10.0 Å². The molecule has 150 valence electrons. The molecule has 27 heavy (non-hydrogen) atoms. The van der Waals surface area contributed by atoms with Crippen LogP contribution in [0.4, 0.5) is 4.39 Å². The predicted octanol–water partition coefficient (Wildman–Crippen LogP) is 2.08. The van der Waals surface area contributed by atoms with Crippen molar-refractivity contribution in [1.82, 2.24) is 14.2 Å². The Kier molecular flexibility index (Phi) is 4.61. The maximum Gasteiger partial charge on any atom is 0.244 e. The number of aromatic nitrogens is 1. The molecule has 4 rings (SSSR count). The molecule has 0 atom stereocenters. The van der Waals surface area contributed by atoms with E-state index in [1.54, 1.807) is 11.2 Å². The van der Waals surface area contributed by atoms with E-state index in [0.717, 1.165) is 39.1 Å². The number of alkyl halides is 1. The van der Waals surface area contributed by atoms with E-state index in [1.165, 1.54) is 26.0 Å². The molecule has 1 aromatic heterocycles. The highest BCUT2D eigenvalue weighted by Gasteiger charge is 2.56. The van der Waals surface area contributed by atoms with Gasteiger partial charge in [0.1, 0.15) is 10.6 Å². The number of sulfonamides is 1. The van der Waals surface area contributed by atoms with Gasteiger partial charge >= 0.3 is 0 Å². The first kappa shape index (κ1) is 19.2. The molecule has 1 spiro atoms. The number of hydrogen-bond donors (Lipinski definition) is 0. The molecular formula is C19H28FN3O3S. The summed E-state index contributed by atoms with van der Waals surface area (Å²) >= 11 is 0. The van der Waals surface area contributed by atoms with Gasteiger partial charge in [-0.15, -0.1) is 0 Å². The third-order valence-electron chi connectivity index (χ3n) is 6.07. The molecule has 3 fully saturated rings. The van der Waals surface area contributed by atoms with Gasteiger partial charge in [-0.1, -0.05) is 0 Å². The number of pyridine rings is 1. The Bertz CT molecular complexity index is 817. The Morgan fingerprint density at radius 1 is 1.19 bits per heavy atom. The first-order valence-electron chi connectivity index (χ1n) is 9.60. The molecule has 0 aliphatic carbocycles. The minimum atomic E-state index is -3.57. The summed E-state index contributed by atoms with van der Waals surface area (Å²) in [4.78, 5) is 6.85. The van der Waals surface area contributed by atoms with Crippen LogP contribution < -0.4 is 0 Å². The lowest BCUT2D eigenvalue weighted by Crippen LogP contribution is -2.74. The Morgan fingerprint density at radius 2 is 1.81 bits per heavy atom. The number of aryl methyl sites for hydroxylation is 1. The number of ether oxygens (including phenoxy) is 1. The first-order valence-corrected chi connectivity index (χ1v) is 11.0. The second-order valence-electron chi connectivity index (χ2n) is 8.77. The molecule has 4 heterocycles. The van der Waals surface area contributed by atoms with Gasteiger partial charge in [-0.2, -0.15) is 4.31 Å². The molecule has 0 saturated carbocycles. The Morgan fingerprint density at radius 3 is 2.37 bits per heavy atom. The summed E-state index contributed by atoms with van der Waals surface area (Å²) in [5, 5.41) is 0. The summed E-state index contributed by atoms with van der Waals surface area (Å²) in [6.07, 6.45) is 2.14. The van der Waals surface area contributed by atoms with E-state index in [-0.39, 0.29) is 16.0 Å². The monoisotopic (exact) mass is 397 g/mol. The van der Waals surface area contributed by atoms with Gasteiger partial charge in [-0.05, 0) is 45.7 Å². The summed E-state index contributed by atoms with van der Waals surface area (Å²) in [5.41, 5.74) is -0.872. The molecule has 8 heteroatoms. The quantitative estimate of drug-likeness (QED) is 0.778. The predicted molar refractivity (Wildman–Crippen MR) is 99.7 cm³/mol. The molecule has 0 N–H and O–H groups in total. The normalized spacial score (nSPS) is 24.6. The van der Waals surface area contributed by atoms with Crippen molar-refractivity contribution in [3.63, 3.8) is 0 Å². The molecule has 0 radical (unpaired) electrons. The molecule has 3 aliphatic heterocycles. The van der Waals surface area contributed by atoms with Crippen LogP contribution in [-0.2, 0) is 20.4 Å². The van der Waals surface area contributed by atoms with Gasteiger partial charge in [0.25, 0.3) is 0 Å². The number of halogens is 1. The molecular weight excluding hydrogens is 369 g/mol. The van der Waals surface area contributed by atoms with Crippen LogP contribution >= 0.6 is 0 Å². The number of likely N-dealkylation sites (tertiary alicyclic amines) is 1. The van der Waals surface area contributed by atoms with Crippen LogP contribution in [0.5, 0.6) is 0 Å². The van der Waals surface area contributed by atoms with E-state index in [9.17, 15) is 12.8 Å². The van der Waals surface area contributed by atoms with Gasteiger partial charge in [-0.3, -0.25) is 9.88 Å². The van der Waals surface area contributed by atoms with Crippen molar-refractivity contribution in [2.45, 2.75) is 50.2 Å². The van der Waals surface area contributed by atoms with Crippen molar-refractivity contribution in [3.8, 4) is 0 Å². The van der Waals surface area contributed by atoms with Crippen LogP contribution in [0, 0.1) is 12.3 Å². The lowest BCUT2D eigenvalue weighted by molar-refractivity contribution is -0.116. The van der Waals surface area contributed by atoms with Crippen molar-refractivity contribution in [3.05, 3.63) is 23.5 Å². The zero-order valence-corrected chi connectivity index (χ0v) is 17.1. The average molecular weight is 398 g/mol. The number of nitrogens with zero attached hydrogens (tertiary/aromatic N) is 3. The first-order chi connectivity index (χ1) is 12.6. The highest BCUT2D eigenvalue weighted by atomic mass is 32.2. The Balaban J connectivity index is 1.40. The van der Waals surface area contributed by atoms with Gasteiger partial charge in [0.05, 0.1) is 11.4 Å². The minimum absolute atomic E-state index is 0.105. The van der Waals surface area contributed by atoms with Gasteiger partial charge < -0.3 is 4.74 Å². The van der Waals surface area contributed by atoms with Gasteiger partial charge in [0.2, 0.25) is 10.0 Å². The molecule has 0 bridgehead atoms. The summed E-state index contributed by atoms with van der Waals surface area (Å²) in [6.45, 7) is 9.18. The topological polar surface area (TPSA) is 62.7 Å². The fourth-order valence-electron chi connectivity index (χ4n) is 4.49. The van der Waals surface area contributed by atoms with Crippen molar-refractivity contribution in [2.75, 3.05) is 39.4 Å². The maximum absolute atomic E-state index is 14.1. The number of hydrogen-bond acceptors (Lipinski definition) is 5. The molecule has 0 aromatic carbocycles. The second kappa shape index (κ2) is 6.47. The minimum Gasteiger partial charge on any atom is -0.381 e. The molecule has 0 unspecified atom stereocenters. The lowest BCUT2D eigenvalue weighted by Gasteiger charge is -2.61. The zero-order valence-electron chi connectivity index (χ0n) is 16.2. The fourth-order valence-corrected chi connectivity index (χ4v) is 6.31. The highest BCUT2D eigenvalue weighted by molar-refractivity contribution is 7.89. The largest absolute Gasteiger partial charge is 0.381 e. The van der Waals surface area contributed by atoms with Crippen molar-refractivity contribution in [1.29, 1.82) is 0 Å². The van der Waals surface area contributed by atoms with Crippen LogP contribution in [0.2, 0.25) is 0 Å². The summed E-state index contributed by atoms with van der Waals surface area (Å²) in [7, 11) is -3.57. The molecule has 3 saturated heterocycles. The summed E-state index contributed by atoms with van der Waals surface area (Å²) < 4.78 is 47.0. The van der Waals surface area contributed by atoms with Crippen LogP contribution in [0.3, 0.4) is 0 Å². The third-order valence-corrected chi connectivity index (χ3v) is 8.00. The van der Waals surface area contributed by atoms with Crippen molar-refractivity contribution < 1.29 is 17.5 Å². The molecule has 3 aliphatic rings. The standard InChI is InChI=1S/C19H28FN3O3S/c1-14-16(4-5-17(21-14)18(2,3)20)27(24,25)23-12-19(13-23)10-22(11-19)15-6-8-26-9-7-15/h4-5,15H,6-13H2,1-3H3. The fraction of sp³-hybridized carbons (Fsp3) is 0.737. The van der Waals surface area contributed by atoms with E-state index >= 15 is 0 Å².